The van der Waals surface area contributed by atoms with E-state index in [0.717, 1.165) is 6.42 Å². The summed E-state index contributed by atoms with van der Waals surface area (Å²) < 4.78 is 45.0. The van der Waals surface area contributed by atoms with E-state index in [2.05, 4.69) is 0 Å². The molecule has 122 valence electrons. The molecule has 3 atom stereocenters. The zero-order valence-corrected chi connectivity index (χ0v) is 16.4. The van der Waals surface area contributed by atoms with Crippen LogP contribution in [0, 0.1) is 11.8 Å². The van der Waals surface area contributed by atoms with Crippen LogP contribution in [0.1, 0.15) is 27.2 Å². The summed E-state index contributed by atoms with van der Waals surface area (Å²) in [6.45, 7) is 6.37. The molecule has 0 aliphatic carbocycles. The maximum absolute atomic E-state index is 12.1. The first-order valence-corrected chi connectivity index (χ1v) is 8.55. The van der Waals surface area contributed by atoms with Gasteiger partial charge in [0.2, 0.25) is 0 Å². The Bertz CT molecular complexity index is 497. The van der Waals surface area contributed by atoms with Gasteiger partial charge in [0.05, 0.1) is 15.4 Å². The Labute approximate surface area is 153 Å². The molecule has 9 heteroatoms. The van der Waals surface area contributed by atoms with E-state index >= 15 is 0 Å². The van der Waals surface area contributed by atoms with Gasteiger partial charge in [-0.1, -0.05) is 0 Å². The Kier molecular flexibility index (Phi) is 6.75. The number of nitrogens with zero attached hydrogens (tertiary/aromatic N) is 1. The van der Waals surface area contributed by atoms with Crippen molar-refractivity contribution in [2.24, 2.45) is 11.8 Å². The van der Waals surface area contributed by atoms with Gasteiger partial charge < -0.3 is 18.9 Å². The third-order valence-electron chi connectivity index (χ3n) is 3.90. The molecule has 0 bridgehead atoms. The van der Waals surface area contributed by atoms with Crippen molar-refractivity contribution in [1.82, 2.24) is 4.90 Å². The Morgan fingerprint density at radius 2 is 1.95 bits per heavy atom. The first kappa shape index (κ1) is 20.2. The van der Waals surface area contributed by atoms with E-state index in [4.69, 9.17) is 9.47 Å². The number of ether oxygens (including phenoxy) is 2. The second-order valence-corrected chi connectivity index (χ2v) is 8.30. The third kappa shape index (κ3) is 5.07. The number of likely N-dealkylation sites (tertiary alicyclic amines) is 1. The van der Waals surface area contributed by atoms with Crippen molar-refractivity contribution in [1.29, 1.82) is 0 Å². The van der Waals surface area contributed by atoms with Gasteiger partial charge in [0.25, 0.3) is 0 Å². The summed E-state index contributed by atoms with van der Waals surface area (Å²) >= 11 is 0. The largest absolute Gasteiger partial charge is 1.00 e. The Balaban J connectivity index is 0.00000242. The molecule has 2 fully saturated rings. The summed E-state index contributed by atoms with van der Waals surface area (Å²) in [5.74, 6) is -0.367. The van der Waals surface area contributed by atoms with E-state index in [9.17, 15) is 17.8 Å². The molecule has 0 aromatic rings. The molecule has 0 N–H and O–H groups in total. The molecule has 2 rings (SSSR count). The molecular formula is C13H22NNaO6S. The van der Waals surface area contributed by atoms with Crippen LogP contribution in [0.3, 0.4) is 0 Å². The summed E-state index contributed by atoms with van der Waals surface area (Å²) in [5, 5.41) is -1.07. The minimum atomic E-state index is -4.45. The van der Waals surface area contributed by atoms with E-state index in [1.54, 1.807) is 20.8 Å². The average molecular weight is 343 g/mol. The molecule has 22 heavy (non-hydrogen) atoms. The summed E-state index contributed by atoms with van der Waals surface area (Å²) in [4.78, 5) is 13.4. The SMILES string of the molecule is CC(C)(C)OC(=O)N1CC(C2CCOC2)C(S(=O)(=O)[O-])C1.[Na+]. The van der Waals surface area contributed by atoms with E-state index in [1.807, 2.05) is 0 Å². The van der Waals surface area contributed by atoms with Crippen molar-refractivity contribution in [3.05, 3.63) is 0 Å². The number of carbonyl (C=O) groups excluding carboxylic acids is 1. The van der Waals surface area contributed by atoms with Crippen LogP contribution in [0.5, 0.6) is 0 Å². The van der Waals surface area contributed by atoms with Gasteiger partial charge in [0, 0.05) is 26.3 Å². The first-order valence-electron chi connectivity index (χ1n) is 7.08. The quantitative estimate of drug-likeness (QED) is 0.417. The zero-order chi connectivity index (χ0) is 15.8. The fourth-order valence-corrected chi connectivity index (χ4v) is 4.02. The predicted molar refractivity (Wildman–Crippen MR) is 73.7 cm³/mol. The van der Waals surface area contributed by atoms with E-state index in [-0.39, 0.29) is 54.5 Å². The van der Waals surface area contributed by atoms with Crippen LogP contribution >= 0.6 is 0 Å². The molecule has 0 aromatic carbocycles. The smallest absolute Gasteiger partial charge is 0.748 e. The maximum Gasteiger partial charge on any atom is 1.00 e. The normalized spacial score (nSPS) is 29.3. The minimum Gasteiger partial charge on any atom is -0.748 e. The number of carbonyl (C=O) groups is 1. The first-order chi connectivity index (χ1) is 9.58. The van der Waals surface area contributed by atoms with Gasteiger partial charge in [-0.2, -0.15) is 0 Å². The number of hydrogen-bond acceptors (Lipinski definition) is 6. The number of hydrogen-bond donors (Lipinski definition) is 0. The summed E-state index contributed by atoms with van der Waals surface area (Å²) in [7, 11) is -4.45. The van der Waals surface area contributed by atoms with Gasteiger partial charge in [0.15, 0.2) is 0 Å². The molecule has 1 amide bonds. The zero-order valence-electron chi connectivity index (χ0n) is 13.6. The average Bonchev–Trinajstić information content (AvgIpc) is 2.94. The van der Waals surface area contributed by atoms with Crippen molar-refractivity contribution in [3.8, 4) is 0 Å². The monoisotopic (exact) mass is 343 g/mol. The van der Waals surface area contributed by atoms with Gasteiger partial charge >= 0.3 is 35.7 Å². The van der Waals surface area contributed by atoms with Crippen molar-refractivity contribution in [3.63, 3.8) is 0 Å². The second kappa shape index (κ2) is 7.36. The van der Waals surface area contributed by atoms with Gasteiger partial charge in [-0.15, -0.1) is 0 Å². The minimum absolute atomic E-state index is 0. The second-order valence-electron chi connectivity index (χ2n) is 6.70. The van der Waals surface area contributed by atoms with Crippen LogP contribution < -0.4 is 29.6 Å². The van der Waals surface area contributed by atoms with Crippen LogP contribution in [0.25, 0.3) is 0 Å². The molecule has 0 saturated carbocycles. The van der Waals surface area contributed by atoms with Crippen molar-refractivity contribution >= 4 is 16.2 Å². The molecule has 3 unspecified atom stereocenters. The Hall–Kier alpha value is 0.140. The van der Waals surface area contributed by atoms with Gasteiger partial charge in [-0.3, -0.25) is 0 Å². The molecular weight excluding hydrogens is 321 g/mol. The fraction of sp³-hybridized carbons (Fsp3) is 0.923. The topological polar surface area (TPSA) is 96.0 Å². The fourth-order valence-electron chi connectivity index (χ4n) is 2.92. The molecule has 2 aliphatic heterocycles. The van der Waals surface area contributed by atoms with Gasteiger partial charge in [-0.25, -0.2) is 13.2 Å². The summed E-state index contributed by atoms with van der Waals surface area (Å²) in [5.41, 5.74) is -0.655. The number of rotatable bonds is 2. The predicted octanol–water partition coefficient (Wildman–Crippen LogP) is -2.19. The van der Waals surface area contributed by atoms with Crippen molar-refractivity contribution in [2.75, 3.05) is 26.3 Å². The third-order valence-corrected chi connectivity index (χ3v) is 5.14. The van der Waals surface area contributed by atoms with Crippen LogP contribution in [-0.4, -0.2) is 61.1 Å². The van der Waals surface area contributed by atoms with Gasteiger partial charge in [-0.05, 0) is 39.0 Å². The van der Waals surface area contributed by atoms with Crippen molar-refractivity contribution in [2.45, 2.75) is 38.0 Å². The van der Waals surface area contributed by atoms with Crippen LogP contribution in [0.15, 0.2) is 0 Å². The van der Waals surface area contributed by atoms with Gasteiger partial charge in [0.1, 0.15) is 5.60 Å². The summed E-state index contributed by atoms with van der Waals surface area (Å²) in [6.07, 6.45) is 0.149. The van der Waals surface area contributed by atoms with E-state index in [1.165, 1.54) is 4.90 Å². The molecule has 0 aromatic heterocycles. The number of amides is 1. The van der Waals surface area contributed by atoms with Crippen LogP contribution in [0.2, 0.25) is 0 Å². The Morgan fingerprint density at radius 1 is 1.32 bits per heavy atom. The molecule has 2 heterocycles. The van der Waals surface area contributed by atoms with E-state index in [0.29, 0.717) is 13.2 Å². The van der Waals surface area contributed by atoms with Crippen LogP contribution in [-0.2, 0) is 19.6 Å². The molecule has 2 saturated heterocycles. The molecule has 0 radical (unpaired) electrons. The van der Waals surface area contributed by atoms with Crippen molar-refractivity contribution < 1.29 is 56.8 Å². The standard InChI is InChI=1S/C13H23NO6S.Na/c1-13(2,3)20-12(15)14-6-10(9-4-5-19-8-9)11(7-14)21(16,17)18;/h9-11H,4-8H2,1-3H3,(H,16,17,18);/q;+1/p-1. The van der Waals surface area contributed by atoms with E-state index < -0.39 is 27.1 Å². The molecule has 2 aliphatic rings. The maximum atomic E-state index is 12.1. The van der Waals surface area contributed by atoms with Crippen LogP contribution in [0.4, 0.5) is 4.79 Å². The Morgan fingerprint density at radius 3 is 2.41 bits per heavy atom. The molecule has 7 nitrogen and oxygen atoms in total. The summed E-state index contributed by atoms with van der Waals surface area (Å²) in [6, 6.07) is 0. The molecule has 0 spiro atoms.